The summed E-state index contributed by atoms with van der Waals surface area (Å²) in [6.07, 6.45) is 5.85. The number of hydrogen-bond acceptors (Lipinski definition) is 3. The number of allylic oxidation sites excluding steroid dienone is 9. The molecule has 0 radical (unpaired) electrons. The summed E-state index contributed by atoms with van der Waals surface area (Å²) >= 11 is 3.19. The number of halogens is 4. The number of rotatable bonds is 9. The van der Waals surface area contributed by atoms with Crippen LogP contribution in [0.25, 0.3) is 0 Å². The molecule has 0 aromatic carbocycles. The topological polar surface area (TPSA) is 39.9 Å². The lowest BCUT2D eigenvalue weighted by Gasteiger charge is -2.15. The third kappa shape index (κ3) is 7.96. The van der Waals surface area contributed by atoms with E-state index in [0.29, 0.717) is 10.2 Å². The second-order valence-electron chi connectivity index (χ2n) is 5.61. The molecule has 0 fully saturated rings. The largest absolute Gasteiger partial charge is 0.458 e. The van der Waals surface area contributed by atoms with Crippen LogP contribution in [0.15, 0.2) is 95.5 Å². The number of hydrogen-bond donors (Lipinski definition) is 0. The van der Waals surface area contributed by atoms with E-state index in [2.05, 4.69) is 45.7 Å². The molecule has 0 aliphatic carbocycles. The van der Waals surface area contributed by atoms with Crippen LogP contribution in [0, 0.1) is 0 Å². The van der Waals surface area contributed by atoms with Crippen molar-refractivity contribution in [3.8, 4) is 0 Å². The molecule has 0 aliphatic heterocycles. The number of aromatic nitrogens is 3. The second kappa shape index (κ2) is 10.7. The minimum Gasteiger partial charge on any atom is -0.458 e. The summed E-state index contributed by atoms with van der Waals surface area (Å²) in [6.45, 7) is 14.0. The van der Waals surface area contributed by atoms with Crippen molar-refractivity contribution in [3.05, 3.63) is 95.5 Å². The number of alkyl halides is 3. The Kier molecular flexibility index (Phi) is 8.91. The summed E-state index contributed by atoms with van der Waals surface area (Å²) in [6, 6.07) is 0. The van der Waals surface area contributed by atoms with Crippen LogP contribution >= 0.6 is 15.9 Å². The predicted octanol–water partition coefficient (Wildman–Crippen LogP) is 6.17. The zero-order valence-corrected chi connectivity index (χ0v) is 17.2. The molecule has 4 nitrogen and oxygen atoms in total. The Labute approximate surface area is 170 Å². The maximum absolute atomic E-state index is 13.3. The minimum absolute atomic E-state index is 0.0661. The summed E-state index contributed by atoms with van der Waals surface area (Å²) in [5, 5.41) is 3.89. The van der Waals surface area contributed by atoms with Crippen molar-refractivity contribution >= 4 is 15.9 Å². The van der Waals surface area contributed by atoms with Gasteiger partial charge >= 0.3 is 6.18 Å². The first-order chi connectivity index (χ1) is 13.0. The van der Waals surface area contributed by atoms with Crippen LogP contribution in [0.3, 0.4) is 0 Å². The highest BCUT2D eigenvalue weighted by Gasteiger charge is 2.32. The molecule has 0 saturated carbocycles. The normalized spacial score (nSPS) is 13.7. The molecule has 1 aromatic heterocycles. The summed E-state index contributed by atoms with van der Waals surface area (Å²) in [5.41, 5.74) is -0.617. The average molecular weight is 456 g/mol. The molecule has 1 aromatic rings. The Morgan fingerprint density at radius 3 is 2.36 bits per heavy atom. The standard InChI is InChI=1S/C20H21BrF3N3O/c1-6-18(9-7-15(3)21)28-16(4)8-10-19(17(5)20(22,23)24)14(2)11-27-13-25-12-26-27/h6-10,12-13H,2-4,11H2,1,5H3/b9-7-,10-8-,18-6+,19-17-. The van der Waals surface area contributed by atoms with Crippen LogP contribution in [0.1, 0.15) is 13.8 Å². The van der Waals surface area contributed by atoms with Crippen LogP contribution in [0.2, 0.25) is 0 Å². The second-order valence-corrected chi connectivity index (χ2v) is 6.62. The van der Waals surface area contributed by atoms with Gasteiger partial charge in [-0.3, -0.25) is 0 Å². The van der Waals surface area contributed by atoms with Crippen molar-refractivity contribution in [2.75, 3.05) is 0 Å². The molecule has 0 aliphatic rings. The lowest BCUT2D eigenvalue weighted by Crippen LogP contribution is -2.13. The molecule has 0 unspecified atom stereocenters. The van der Waals surface area contributed by atoms with Crippen molar-refractivity contribution in [1.29, 1.82) is 0 Å². The smallest absolute Gasteiger partial charge is 0.413 e. The minimum atomic E-state index is -4.50. The van der Waals surface area contributed by atoms with E-state index in [9.17, 15) is 13.2 Å². The van der Waals surface area contributed by atoms with Gasteiger partial charge in [0.1, 0.15) is 24.2 Å². The molecular weight excluding hydrogens is 435 g/mol. The lowest BCUT2D eigenvalue weighted by atomic mass is 10.0. The van der Waals surface area contributed by atoms with Crippen LogP contribution in [0.4, 0.5) is 13.2 Å². The molecule has 0 atom stereocenters. The van der Waals surface area contributed by atoms with Gasteiger partial charge in [0.15, 0.2) is 0 Å². The van der Waals surface area contributed by atoms with Gasteiger partial charge in [0, 0.05) is 10.1 Å². The van der Waals surface area contributed by atoms with Crippen molar-refractivity contribution in [2.45, 2.75) is 26.6 Å². The third-order valence-corrected chi connectivity index (χ3v) is 3.69. The third-order valence-electron chi connectivity index (χ3n) is 3.43. The van der Waals surface area contributed by atoms with Crippen LogP contribution < -0.4 is 0 Å². The first-order valence-corrected chi connectivity index (χ1v) is 8.86. The zero-order valence-electron chi connectivity index (χ0n) is 15.6. The fourth-order valence-electron chi connectivity index (χ4n) is 1.98. The molecular formula is C20H21BrF3N3O. The summed E-state index contributed by atoms with van der Waals surface area (Å²) in [7, 11) is 0. The highest BCUT2D eigenvalue weighted by molar-refractivity contribution is 9.11. The van der Waals surface area contributed by atoms with Crippen LogP contribution in [0.5, 0.6) is 0 Å². The van der Waals surface area contributed by atoms with E-state index in [1.54, 1.807) is 25.2 Å². The van der Waals surface area contributed by atoms with Gasteiger partial charge in [-0.25, -0.2) is 9.67 Å². The van der Waals surface area contributed by atoms with Crippen LogP contribution in [-0.4, -0.2) is 20.9 Å². The van der Waals surface area contributed by atoms with E-state index in [4.69, 9.17) is 4.74 Å². The molecule has 0 saturated heterocycles. The molecule has 0 amide bonds. The van der Waals surface area contributed by atoms with Crippen molar-refractivity contribution in [2.24, 2.45) is 0 Å². The molecule has 1 rings (SSSR count). The van der Waals surface area contributed by atoms with Crippen molar-refractivity contribution in [3.63, 3.8) is 0 Å². The van der Waals surface area contributed by atoms with Crippen molar-refractivity contribution < 1.29 is 17.9 Å². The van der Waals surface area contributed by atoms with Gasteiger partial charge in [-0.15, -0.1) is 0 Å². The van der Waals surface area contributed by atoms with E-state index in [1.165, 1.54) is 29.5 Å². The summed E-state index contributed by atoms with van der Waals surface area (Å²) in [4.78, 5) is 3.77. The Morgan fingerprint density at radius 1 is 1.18 bits per heavy atom. The van der Waals surface area contributed by atoms with Gasteiger partial charge in [-0.2, -0.15) is 18.3 Å². The Hall–Kier alpha value is -2.61. The lowest BCUT2D eigenvalue weighted by molar-refractivity contribution is -0.0918. The van der Waals surface area contributed by atoms with E-state index in [0.717, 1.165) is 6.92 Å². The summed E-state index contributed by atoms with van der Waals surface area (Å²) < 4.78 is 47.3. The van der Waals surface area contributed by atoms with E-state index >= 15 is 0 Å². The number of ether oxygens (including phenoxy) is 1. The summed E-state index contributed by atoms with van der Waals surface area (Å²) in [5.74, 6) is 0.633. The Morgan fingerprint density at radius 2 is 1.86 bits per heavy atom. The van der Waals surface area contributed by atoms with Gasteiger partial charge in [0.2, 0.25) is 0 Å². The Bertz CT molecular complexity index is 845. The first kappa shape index (κ1) is 23.4. The molecule has 0 spiro atoms. The monoisotopic (exact) mass is 455 g/mol. The van der Waals surface area contributed by atoms with Gasteiger partial charge in [0.25, 0.3) is 0 Å². The molecule has 0 N–H and O–H groups in total. The van der Waals surface area contributed by atoms with Crippen molar-refractivity contribution in [1.82, 2.24) is 14.8 Å². The van der Waals surface area contributed by atoms with Crippen LogP contribution in [-0.2, 0) is 11.3 Å². The fourth-order valence-corrected chi connectivity index (χ4v) is 2.11. The van der Waals surface area contributed by atoms with Gasteiger partial charge < -0.3 is 4.74 Å². The molecule has 1 heterocycles. The fraction of sp³-hybridized carbons (Fsp3) is 0.200. The molecule has 8 heteroatoms. The maximum atomic E-state index is 13.3. The van der Waals surface area contributed by atoms with Gasteiger partial charge in [0.05, 0.1) is 6.54 Å². The highest BCUT2D eigenvalue weighted by atomic mass is 79.9. The zero-order chi connectivity index (χ0) is 21.3. The quantitative estimate of drug-likeness (QED) is 0.330. The average Bonchev–Trinajstić information content (AvgIpc) is 3.10. The van der Waals surface area contributed by atoms with E-state index in [1.807, 2.05) is 0 Å². The van der Waals surface area contributed by atoms with E-state index < -0.39 is 11.7 Å². The van der Waals surface area contributed by atoms with Gasteiger partial charge in [-0.1, -0.05) is 41.7 Å². The highest BCUT2D eigenvalue weighted by Crippen LogP contribution is 2.31. The van der Waals surface area contributed by atoms with E-state index in [-0.39, 0.29) is 23.5 Å². The number of nitrogens with zero attached hydrogens (tertiary/aromatic N) is 3. The molecule has 28 heavy (non-hydrogen) atoms. The van der Waals surface area contributed by atoms with Gasteiger partial charge in [-0.05, 0) is 49.3 Å². The first-order valence-electron chi connectivity index (χ1n) is 8.06. The molecule has 150 valence electrons. The molecule has 0 bridgehead atoms. The SMILES string of the molecule is C=C(Br)/C=C\C(=C/C)OC(=C)/C=C\C(C(=C)Cn1cncn1)=C(/C)C(F)(F)F. The maximum Gasteiger partial charge on any atom is 0.413 e. The predicted molar refractivity (Wildman–Crippen MR) is 108 cm³/mol. The Balaban J connectivity index is 3.04.